The number of fused-ring (bicyclic) bond motifs is 2. The second kappa shape index (κ2) is 8.83. The maximum absolute atomic E-state index is 12.8. The van der Waals surface area contributed by atoms with E-state index in [1.165, 1.54) is 10.9 Å². The fourth-order valence-corrected chi connectivity index (χ4v) is 5.82. The van der Waals surface area contributed by atoms with Crippen molar-refractivity contribution in [2.45, 2.75) is 65.0 Å². The number of urea groups is 1. The summed E-state index contributed by atoms with van der Waals surface area (Å²) in [5.41, 5.74) is 4.01. The molecule has 0 spiro atoms. The van der Waals surface area contributed by atoms with Crippen molar-refractivity contribution < 1.29 is 9.59 Å². The van der Waals surface area contributed by atoms with E-state index in [9.17, 15) is 9.59 Å². The first kappa shape index (κ1) is 22.2. The van der Waals surface area contributed by atoms with E-state index in [2.05, 4.69) is 28.2 Å². The Morgan fingerprint density at radius 3 is 2.65 bits per heavy atom. The van der Waals surface area contributed by atoms with Gasteiger partial charge in [-0.25, -0.2) is 4.79 Å². The molecule has 168 valence electrons. The highest BCUT2D eigenvalue weighted by Crippen LogP contribution is 2.46. The zero-order valence-electron chi connectivity index (χ0n) is 18.9. The summed E-state index contributed by atoms with van der Waals surface area (Å²) in [6.07, 6.45) is 2.82. The lowest BCUT2D eigenvalue weighted by Crippen LogP contribution is -2.57. The summed E-state index contributed by atoms with van der Waals surface area (Å²) in [7, 11) is 0. The number of carbonyl (C=O) groups excluding carboxylic acids is 2. The van der Waals surface area contributed by atoms with E-state index in [1.807, 2.05) is 24.8 Å². The third-order valence-electron chi connectivity index (χ3n) is 7.02. The SMILES string of the molecule is CCCN1C[C@@H](NC(=O)N(CC)CC)CC2c3cc(C(C)=O)cc4[nH]c(Cl)c(c34)C[C@H]21. The number of halogens is 1. The van der Waals surface area contributed by atoms with Gasteiger partial charge in [0.05, 0.1) is 0 Å². The van der Waals surface area contributed by atoms with Crippen LogP contribution >= 0.6 is 11.6 Å². The Hall–Kier alpha value is -2.05. The highest BCUT2D eigenvalue weighted by Gasteiger charge is 2.42. The van der Waals surface area contributed by atoms with Crippen LogP contribution in [-0.4, -0.2) is 64.9 Å². The van der Waals surface area contributed by atoms with Crippen molar-refractivity contribution in [1.82, 2.24) is 20.1 Å². The summed E-state index contributed by atoms with van der Waals surface area (Å²) in [6.45, 7) is 11.0. The number of benzene rings is 1. The monoisotopic (exact) mass is 444 g/mol. The second-order valence-corrected chi connectivity index (χ2v) is 9.27. The number of likely N-dealkylation sites (tertiary alicyclic amines) is 1. The number of rotatable bonds is 6. The highest BCUT2D eigenvalue weighted by molar-refractivity contribution is 6.32. The Morgan fingerprint density at radius 1 is 1.26 bits per heavy atom. The maximum atomic E-state index is 12.8. The highest BCUT2D eigenvalue weighted by atomic mass is 35.5. The molecular weight excluding hydrogens is 412 g/mol. The predicted molar refractivity (Wildman–Crippen MR) is 125 cm³/mol. The Morgan fingerprint density at radius 2 is 2.00 bits per heavy atom. The molecule has 0 bridgehead atoms. The van der Waals surface area contributed by atoms with E-state index in [1.54, 1.807) is 6.92 Å². The number of Topliss-reactive ketones (excluding diaryl/α,β-unsaturated/α-hetero) is 1. The molecule has 1 fully saturated rings. The van der Waals surface area contributed by atoms with Gasteiger partial charge in [-0.1, -0.05) is 18.5 Å². The normalized spacial score (nSPS) is 22.9. The van der Waals surface area contributed by atoms with Gasteiger partial charge in [-0.05, 0) is 69.8 Å². The van der Waals surface area contributed by atoms with Gasteiger partial charge in [0.2, 0.25) is 0 Å². The Labute approximate surface area is 189 Å². The molecule has 0 radical (unpaired) electrons. The molecule has 0 saturated carbocycles. The first-order valence-corrected chi connectivity index (χ1v) is 11.9. The zero-order chi connectivity index (χ0) is 22.3. The molecule has 31 heavy (non-hydrogen) atoms. The molecular formula is C24H33ClN4O2. The van der Waals surface area contributed by atoms with Crippen LogP contribution in [-0.2, 0) is 6.42 Å². The molecule has 1 unspecified atom stereocenters. The van der Waals surface area contributed by atoms with Gasteiger partial charge in [-0.2, -0.15) is 0 Å². The molecule has 2 N–H and O–H groups in total. The van der Waals surface area contributed by atoms with Gasteiger partial charge in [-0.3, -0.25) is 9.69 Å². The Bertz CT molecular complexity index is 997. The zero-order valence-corrected chi connectivity index (χ0v) is 19.7. The Balaban J connectivity index is 1.73. The number of aromatic amines is 1. The third kappa shape index (κ3) is 3.96. The molecule has 1 aromatic carbocycles. The van der Waals surface area contributed by atoms with Crippen LogP contribution in [0.15, 0.2) is 12.1 Å². The molecule has 4 rings (SSSR count). The van der Waals surface area contributed by atoms with Crippen LogP contribution < -0.4 is 5.32 Å². The summed E-state index contributed by atoms with van der Waals surface area (Å²) in [5, 5.41) is 5.14. The van der Waals surface area contributed by atoms with Gasteiger partial charge in [-0.15, -0.1) is 0 Å². The van der Waals surface area contributed by atoms with Crippen molar-refractivity contribution in [3.63, 3.8) is 0 Å². The minimum absolute atomic E-state index is 0.00807. The fraction of sp³-hybridized carbons (Fsp3) is 0.583. The average molecular weight is 445 g/mol. The second-order valence-electron chi connectivity index (χ2n) is 8.89. The smallest absolute Gasteiger partial charge is 0.317 e. The van der Waals surface area contributed by atoms with Crippen molar-refractivity contribution in [3.8, 4) is 0 Å². The topological polar surface area (TPSA) is 68.4 Å². The predicted octanol–water partition coefficient (Wildman–Crippen LogP) is 4.57. The number of aromatic nitrogens is 1. The van der Waals surface area contributed by atoms with Crippen molar-refractivity contribution in [2.75, 3.05) is 26.2 Å². The molecule has 6 nitrogen and oxygen atoms in total. The number of piperidine rings is 1. The van der Waals surface area contributed by atoms with Crippen LogP contribution in [0.4, 0.5) is 4.79 Å². The minimum atomic E-state index is 0.00807. The van der Waals surface area contributed by atoms with Gasteiger partial charge >= 0.3 is 6.03 Å². The molecule has 3 atom stereocenters. The number of amides is 2. The summed E-state index contributed by atoms with van der Waals surface area (Å²) in [4.78, 5) is 32.6. The lowest BCUT2D eigenvalue weighted by Gasteiger charge is -2.47. The first-order valence-electron chi connectivity index (χ1n) is 11.5. The lowest BCUT2D eigenvalue weighted by molar-refractivity contribution is 0.0977. The average Bonchev–Trinajstić information content (AvgIpc) is 3.05. The largest absolute Gasteiger partial charge is 0.345 e. The van der Waals surface area contributed by atoms with E-state index in [4.69, 9.17) is 11.6 Å². The number of hydrogen-bond donors (Lipinski definition) is 2. The van der Waals surface area contributed by atoms with E-state index >= 15 is 0 Å². The fourth-order valence-electron chi connectivity index (χ4n) is 5.54. The molecule has 2 aromatic rings. The molecule has 1 aliphatic heterocycles. The number of ketones is 1. The van der Waals surface area contributed by atoms with E-state index in [0.29, 0.717) is 29.8 Å². The number of carbonyl (C=O) groups is 2. The number of hydrogen-bond acceptors (Lipinski definition) is 3. The lowest BCUT2D eigenvalue weighted by atomic mass is 9.73. The van der Waals surface area contributed by atoms with E-state index in [0.717, 1.165) is 43.4 Å². The van der Waals surface area contributed by atoms with Gasteiger partial charge < -0.3 is 15.2 Å². The Kier molecular flexibility index (Phi) is 6.31. The van der Waals surface area contributed by atoms with E-state index in [-0.39, 0.29) is 23.8 Å². The molecule has 1 aromatic heterocycles. The number of nitrogens with one attached hydrogen (secondary N) is 2. The van der Waals surface area contributed by atoms with Gasteiger partial charge in [0.25, 0.3) is 0 Å². The van der Waals surface area contributed by atoms with Gasteiger partial charge in [0.1, 0.15) is 5.15 Å². The van der Waals surface area contributed by atoms with Crippen molar-refractivity contribution in [2.24, 2.45) is 0 Å². The summed E-state index contributed by atoms with van der Waals surface area (Å²) in [6, 6.07) is 4.39. The van der Waals surface area contributed by atoms with Crippen LogP contribution in [0.2, 0.25) is 5.15 Å². The van der Waals surface area contributed by atoms with Gasteiger partial charge in [0, 0.05) is 54.1 Å². The van der Waals surface area contributed by atoms with Crippen molar-refractivity contribution in [3.05, 3.63) is 34.0 Å². The van der Waals surface area contributed by atoms with E-state index < -0.39 is 0 Å². The summed E-state index contributed by atoms with van der Waals surface area (Å²) in [5.74, 6) is 0.309. The van der Waals surface area contributed by atoms with Gasteiger partial charge in [0.15, 0.2) is 5.78 Å². The van der Waals surface area contributed by atoms with Crippen LogP contribution in [0.1, 0.15) is 67.9 Å². The van der Waals surface area contributed by atoms with Crippen molar-refractivity contribution in [1.29, 1.82) is 0 Å². The molecule has 1 saturated heterocycles. The maximum Gasteiger partial charge on any atom is 0.317 e. The van der Waals surface area contributed by atoms with Crippen LogP contribution in [0, 0.1) is 0 Å². The van der Waals surface area contributed by atoms with Crippen molar-refractivity contribution >= 4 is 34.3 Å². The van der Waals surface area contributed by atoms with Crippen LogP contribution in [0.3, 0.4) is 0 Å². The number of H-pyrrole nitrogens is 1. The van der Waals surface area contributed by atoms with Crippen LogP contribution in [0.5, 0.6) is 0 Å². The molecule has 2 aliphatic rings. The number of nitrogens with zero attached hydrogens (tertiary/aromatic N) is 2. The molecule has 7 heteroatoms. The minimum Gasteiger partial charge on any atom is -0.345 e. The standard InChI is InChI=1S/C24H33ClN4O2/c1-5-8-29-13-16(26-24(31)28(6-2)7-3)11-17-18-9-15(14(4)30)10-20-22(18)19(12-21(17)29)23(25)27-20/h9-10,16-17,21,27H,5-8,11-13H2,1-4H3,(H,26,31)/t16-,17?,21+/m0/s1. The summed E-state index contributed by atoms with van der Waals surface area (Å²) < 4.78 is 0. The van der Waals surface area contributed by atoms with Crippen LogP contribution in [0.25, 0.3) is 10.9 Å². The first-order chi connectivity index (χ1) is 14.9. The molecule has 2 heterocycles. The molecule has 2 amide bonds. The summed E-state index contributed by atoms with van der Waals surface area (Å²) >= 11 is 6.60. The quantitative estimate of drug-likeness (QED) is 0.641. The third-order valence-corrected chi connectivity index (χ3v) is 7.34. The molecule has 1 aliphatic carbocycles.